The first kappa shape index (κ1) is 16.7. The number of piperidine rings is 1. The standard InChI is InChI=1S/C15H24ClN3OS/c1-18(9-12-5-7-17-8-6-12)11-15(20)19(2)10-13-3-4-14(16)21-13/h3-4,12,17H,5-11H2,1-2H3. The number of rotatable bonds is 6. The summed E-state index contributed by atoms with van der Waals surface area (Å²) in [5.74, 6) is 0.876. The Labute approximate surface area is 136 Å². The predicted octanol–water partition coefficient (Wildman–Crippen LogP) is 2.29. The minimum Gasteiger partial charge on any atom is -0.340 e. The van der Waals surface area contributed by atoms with Gasteiger partial charge in [0.1, 0.15) is 0 Å². The zero-order valence-electron chi connectivity index (χ0n) is 12.8. The second-order valence-corrected chi connectivity index (χ2v) is 7.65. The fourth-order valence-corrected chi connectivity index (χ4v) is 3.82. The van der Waals surface area contributed by atoms with Crippen molar-refractivity contribution in [3.05, 3.63) is 21.3 Å². The number of carbonyl (C=O) groups excluding carboxylic acids is 1. The van der Waals surface area contributed by atoms with Crippen LogP contribution in [-0.2, 0) is 11.3 Å². The van der Waals surface area contributed by atoms with Crippen LogP contribution in [0.4, 0.5) is 0 Å². The van der Waals surface area contributed by atoms with Crippen LogP contribution < -0.4 is 5.32 Å². The van der Waals surface area contributed by atoms with Crippen molar-refractivity contribution in [2.45, 2.75) is 19.4 Å². The van der Waals surface area contributed by atoms with E-state index in [-0.39, 0.29) is 5.91 Å². The summed E-state index contributed by atoms with van der Waals surface area (Å²) in [5, 5.41) is 3.37. The first-order valence-corrected chi connectivity index (χ1v) is 8.61. The third-order valence-electron chi connectivity index (χ3n) is 3.88. The maximum Gasteiger partial charge on any atom is 0.236 e. The molecule has 1 saturated heterocycles. The second-order valence-electron chi connectivity index (χ2n) is 5.85. The molecule has 1 aromatic rings. The van der Waals surface area contributed by atoms with Gasteiger partial charge in [-0.1, -0.05) is 11.6 Å². The van der Waals surface area contributed by atoms with Crippen LogP contribution in [0.2, 0.25) is 4.34 Å². The highest BCUT2D eigenvalue weighted by atomic mass is 35.5. The van der Waals surface area contributed by atoms with E-state index >= 15 is 0 Å². The van der Waals surface area contributed by atoms with E-state index in [9.17, 15) is 4.79 Å². The van der Waals surface area contributed by atoms with E-state index in [0.717, 1.165) is 28.8 Å². The smallest absolute Gasteiger partial charge is 0.236 e. The lowest BCUT2D eigenvalue weighted by Crippen LogP contribution is -2.40. The van der Waals surface area contributed by atoms with Gasteiger partial charge in [0, 0.05) is 18.5 Å². The molecular formula is C15H24ClN3OS. The zero-order valence-corrected chi connectivity index (χ0v) is 14.3. The third kappa shape index (κ3) is 5.58. The zero-order chi connectivity index (χ0) is 15.2. The van der Waals surface area contributed by atoms with E-state index < -0.39 is 0 Å². The summed E-state index contributed by atoms with van der Waals surface area (Å²) in [5.41, 5.74) is 0. The second kappa shape index (κ2) is 8.13. The molecule has 2 rings (SSSR count). The van der Waals surface area contributed by atoms with Crippen LogP contribution in [0.1, 0.15) is 17.7 Å². The van der Waals surface area contributed by atoms with Gasteiger partial charge < -0.3 is 10.2 Å². The molecule has 21 heavy (non-hydrogen) atoms. The van der Waals surface area contributed by atoms with Crippen LogP contribution >= 0.6 is 22.9 Å². The molecule has 0 saturated carbocycles. The number of hydrogen-bond donors (Lipinski definition) is 1. The molecule has 6 heteroatoms. The number of carbonyl (C=O) groups is 1. The quantitative estimate of drug-likeness (QED) is 0.870. The lowest BCUT2D eigenvalue weighted by molar-refractivity contribution is -0.131. The average Bonchev–Trinajstić information content (AvgIpc) is 2.85. The first-order valence-electron chi connectivity index (χ1n) is 7.42. The minimum atomic E-state index is 0.163. The van der Waals surface area contributed by atoms with E-state index in [0.29, 0.717) is 19.0 Å². The van der Waals surface area contributed by atoms with Gasteiger partial charge in [0.15, 0.2) is 0 Å². The van der Waals surface area contributed by atoms with Gasteiger partial charge in [-0.3, -0.25) is 9.69 Å². The van der Waals surface area contributed by atoms with Gasteiger partial charge in [-0.25, -0.2) is 0 Å². The van der Waals surface area contributed by atoms with E-state index in [4.69, 9.17) is 11.6 Å². The average molecular weight is 330 g/mol. The number of hydrogen-bond acceptors (Lipinski definition) is 4. The van der Waals surface area contributed by atoms with Crippen molar-refractivity contribution >= 4 is 28.8 Å². The predicted molar refractivity (Wildman–Crippen MR) is 88.9 cm³/mol. The Morgan fingerprint density at radius 3 is 2.71 bits per heavy atom. The van der Waals surface area contributed by atoms with Gasteiger partial charge in [0.2, 0.25) is 5.91 Å². The molecule has 0 unspecified atom stereocenters. The number of nitrogens with one attached hydrogen (secondary N) is 1. The van der Waals surface area contributed by atoms with E-state index in [1.165, 1.54) is 24.2 Å². The summed E-state index contributed by atoms with van der Waals surface area (Å²) in [4.78, 5) is 17.3. The Bertz CT molecular complexity index is 460. The summed E-state index contributed by atoms with van der Waals surface area (Å²) in [7, 11) is 3.89. The van der Waals surface area contributed by atoms with Crippen LogP contribution in [-0.4, -0.2) is 56.0 Å². The normalized spacial score (nSPS) is 16.4. The lowest BCUT2D eigenvalue weighted by atomic mass is 9.98. The third-order valence-corrected chi connectivity index (χ3v) is 5.10. The van der Waals surface area contributed by atoms with Crippen LogP contribution in [0.3, 0.4) is 0 Å². The molecule has 4 nitrogen and oxygen atoms in total. The number of nitrogens with zero attached hydrogens (tertiary/aromatic N) is 2. The highest BCUT2D eigenvalue weighted by molar-refractivity contribution is 7.16. The SMILES string of the molecule is CN(CC(=O)N(C)Cc1ccc(Cl)s1)CC1CCNCC1. The molecule has 0 spiro atoms. The van der Waals surface area contributed by atoms with Gasteiger partial charge in [0.05, 0.1) is 17.4 Å². The lowest BCUT2D eigenvalue weighted by Gasteiger charge is -2.28. The van der Waals surface area contributed by atoms with Crippen LogP contribution in [0.25, 0.3) is 0 Å². The molecule has 0 bridgehead atoms. The summed E-state index contributed by atoms with van der Waals surface area (Å²) >= 11 is 7.45. The van der Waals surface area contributed by atoms with Crippen molar-refractivity contribution < 1.29 is 4.79 Å². The molecule has 1 N–H and O–H groups in total. The molecule has 0 radical (unpaired) electrons. The Hall–Kier alpha value is -0.620. The minimum absolute atomic E-state index is 0.163. The largest absolute Gasteiger partial charge is 0.340 e. The fourth-order valence-electron chi connectivity index (χ4n) is 2.68. The molecule has 0 aliphatic carbocycles. The van der Waals surface area contributed by atoms with Crippen molar-refractivity contribution in [1.82, 2.24) is 15.1 Å². The molecule has 1 aliphatic heterocycles. The maximum atomic E-state index is 12.2. The monoisotopic (exact) mass is 329 g/mol. The number of halogens is 1. The Kier molecular flexibility index (Phi) is 6.48. The van der Waals surface area contributed by atoms with E-state index in [2.05, 4.69) is 10.2 Å². The van der Waals surface area contributed by atoms with Gasteiger partial charge >= 0.3 is 0 Å². The number of likely N-dealkylation sites (N-methyl/N-ethyl adjacent to an activating group) is 2. The van der Waals surface area contributed by atoms with Gasteiger partial charge in [-0.2, -0.15) is 0 Å². The Morgan fingerprint density at radius 1 is 1.38 bits per heavy atom. The number of thiophene rings is 1. The summed E-state index contributed by atoms with van der Waals surface area (Å²) in [6.45, 7) is 4.33. The number of amides is 1. The van der Waals surface area contributed by atoms with Crippen molar-refractivity contribution in [2.75, 3.05) is 40.3 Å². The van der Waals surface area contributed by atoms with Crippen LogP contribution in [0.15, 0.2) is 12.1 Å². The fraction of sp³-hybridized carbons (Fsp3) is 0.667. The Morgan fingerprint density at radius 2 is 2.10 bits per heavy atom. The molecule has 1 amide bonds. The van der Waals surface area contributed by atoms with Crippen molar-refractivity contribution in [3.8, 4) is 0 Å². The molecule has 0 atom stereocenters. The van der Waals surface area contributed by atoms with Crippen molar-refractivity contribution in [2.24, 2.45) is 5.92 Å². The highest BCUT2D eigenvalue weighted by Crippen LogP contribution is 2.22. The maximum absolute atomic E-state index is 12.2. The van der Waals surface area contributed by atoms with E-state index in [1.54, 1.807) is 4.90 Å². The van der Waals surface area contributed by atoms with Gasteiger partial charge in [0.25, 0.3) is 0 Å². The molecule has 118 valence electrons. The van der Waals surface area contributed by atoms with E-state index in [1.807, 2.05) is 26.2 Å². The molecule has 1 aromatic heterocycles. The van der Waals surface area contributed by atoms with Gasteiger partial charge in [-0.05, 0) is 51.0 Å². The topological polar surface area (TPSA) is 35.6 Å². The Balaban J connectivity index is 1.74. The summed E-state index contributed by atoms with van der Waals surface area (Å²) in [6, 6.07) is 3.86. The molecule has 0 aromatic carbocycles. The summed E-state index contributed by atoms with van der Waals surface area (Å²) in [6.07, 6.45) is 2.42. The van der Waals surface area contributed by atoms with Crippen molar-refractivity contribution in [1.29, 1.82) is 0 Å². The molecular weight excluding hydrogens is 306 g/mol. The molecule has 2 heterocycles. The van der Waals surface area contributed by atoms with Crippen molar-refractivity contribution in [3.63, 3.8) is 0 Å². The van der Waals surface area contributed by atoms with Crippen LogP contribution in [0, 0.1) is 5.92 Å². The van der Waals surface area contributed by atoms with Crippen LogP contribution in [0.5, 0.6) is 0 Å². The highest BCUT2D eigenvalue weighted by Gasteiger charge is 2.18. The summed E-state index contributed by atoms with van der Waals surface area (Å²) < 4.78 is 0.772. The molecule has 1 fully saturated rings. The first-order chi connectivity index (χ1) is 10.0. The molecule has 1 aliphatic rings. The van der Waals surface area contributed by atoms with Gasteiger partial charge in [-0.15, -0.1) is 11.3 Å².